The molecule has 104 valence electrons. The van der Waals surface area contributed by atoms with E-state index in [1.807, 2.05) is 0 Å². The average Bonchev–Trinajstić information content (AvgIpc) is 2.66. The molecule has 8 heteroatoms. The Kier molecular flexibility index (Phi) is 2.60. The minimum atomic E-state index is -0.899. The van der Waals surface area contributed by atoms with E-state index < -0.39 is 29.4 Å². The highest BCUT2D eigenvalue weighted by atomic mass is 19.1. The van der Waals surface area contributed by atoms with Gasteiger partial charge in [-0.15, -0.1) is 0 Å². The van der Waals surface area contributed by atoms with Crippen LogP contribution in [-0.4, -0.2) is 16.4 Å². The number of amides is 2. The zero-order valence-corrected chi connectivity index (χ0v) is 10.2. The van der Waals surface area contributed by atoms with Gasteiger partial charge in [0.2, 0.25) is 11.8 Å². The van der Waals surface area contributed by atoms with Gasteiger partial charge in [0.15, 0.2) is 5.58 Å². The lowest BCUT2D eigenvalue weighted by atomic mass is 10.1. The summed E-state index contributed by atoms with van der Waals surface area (Å²) in [5.74, 6) is -2.51. The second-order valence-corrected chi connectivity index (χ2v) is 4.55. The Bertz CT molecular complexity index is 792. The number of anilines is 1. The average molecular weight is 279 g/mol. The van der Waals surface area contributed by atoms with Crippen LogP contribution in [0.4, 0.5) is 10.1 Å². The number of piperidine rings is 1. The first-order valence-electron chi connectivity index (χ1n) is 5.91. The molecule has 2 amide bonds. The molecule has 3 rings (SSSR count). The second kappa shape index (κ2) is 4.19. The molecule has 1 aliphatic rings. The Morgan fingerprint density at radius 3 is 2.80 bits per heavy atom. The van der Waals surface area contributed by atoms with E-state index in [9.17, 15) is 18.8 Å². The first-order chi connectivity index (χ1) is 9.47. The largest absolute Gasteiger partial charge is 0.420 e. The number of carbonyl (C=O) groups is 2. The lowest BCUT2D eigenvalue weighted by Crippen LogP contribution is -2.43. The molecule has 1 unspecified atom stereocenters. The Balaban J connectivity index is 2.18. The van der Waals surface area contributed by atoms with Gasteiger partial charge in [-0.25, -0.2) is 9.18 Å². The van der Waals surface area contributed by atoms with Crippen molar-refractivity contribution in [2.24, 2.45) is 0 Å². The van der Waals surface area contributed by atoms with E-state index in [0.29, 0.717) is 0 Å². The molecule has 1 saturated heterocycles. The number of hydrogen-bond donors (Lipinski definition) is 2. The van der Waals surface area contributed by atoms with Crippen LogP contribution in [0.3, 0.4) is 0 Å². The van der Waals surface area contributed by atoms with Crippen molar-refractivity contribution in [3.05, 3.63) is 28.5 Å². The van der Waals surface area contributed by atoms with Crippen molar-refractivity contribution in [3.63, 3.8) is 0 Å². The number of nitrogens with zero attached hydrogens (tertiary/aromatic N) is 1. The fourth-order valence-corrected chi connectivity index (χ4v) is 2.29. The van der Waals surface area contributed by atoms with E-state index in [1.54, 1.807) is 0 Å². The molecule has 7 nitrogen and oxygen atoms in total. The number of rotatable bonds is 1. The lowest BCUT2D eigenvalue weighted by Gasteiger charge is -2.21. The number of nitrogen functional groups attached to an aromatic ring is 1. The van der Waals surface area contributed by atoms with Crippen LogP contribution in [0.1, 0.15) is 18.9 Å². The molecule has 1 aliphatic heterocycles. The van der Waals surface area contributed by atoms with E-state index in [-0.39, 0.29) is 29.6 Å². The smallest absolute Gasteiger partial charge is 0.408 e. The van der Waals surface area contributed by atoms with Gasteiger partial charge in [0.1, 0.15) is 11.9 Å². The van der Waals surface area contributed by atoms with Crippen LogP contribution >= 0.6 is 0 Å². The number of aromatic nitrogens is 1. The summed E-state index contributed by atoms with van der Waals surface area (Å²) in [5.41, 5.74) is 5.48. The second-order valence-electron chi connectivity index (χ2n) is 4.55. The molecule has 0 aliphatic carbocycles. The summed E-state index contributed by atoms with van der Waals surface area (Å²) in [6, 6.07) is 1.33. The van der Waals surface area contributed by atoms with Gasteiger partial charge in [0.25, 0.3) is 0 Å². The number of carbonyl (C=O) groups excluding carboxylic acids is 2. The Morgan fingerprint density at radius 1 is 1.35 bits per heavy atom. The summed E-state index contributed by atoms with van der Waals surface area (Å²) in [7, 11) is 0. The van der Waals surface area contributed by atoms with Gasteiger partial charge in [-0.3, -0.25) is 19.5 Å². The third kappa shape index (κ3) is 1.77. The number of benzene rings is 1. The lowest BCUT2D eigenvalue weighted by molar-refractivity contribution is -0.135. The van der Waals surface area contributed by atoms with Gasteiger partial charge in [-0.2, -0.15) is 0 Å². The molecule has 1 aromatic carbocycles. The van der Waals surface area contributed by atoms with Gasteiger partial charge in [0.05, 0.1) is 11.2 Å². The highest BCUT2D eigenvalue weighted by molar-refractivity contribution is 6.00. The Hall–Kier alpha value is -2.64. The normalized spacial score (nSPS) is 19.4. The van der Waals surface area contributed by atoms with Crippen molar-refractivity contribution >= 4 is 28.6 Å². The summed E-state index contributed by atoms with van der Waals surface area (Å²) in [5, 5.41) is 2.14. The van der Waals surface area contributed by atoms with Crippen molar-refractivity contribution < 1.29 is 18.4 Å². The predicted molar refractivity (Wildman–Crippen MR) is 66.3 cm³/mol. The van der Waals surface area contributed by atoms with E-state index in [4.69, 9.17) is 10.2 Å². The fourth-order valence-electron chi connectivity index (χ4n) is 2.29. The number of nitrogens with two attached hydrogens (primary N) is 1. The van der Waals surface area contributed by atoms with Crippen molar-refractivity contribution in [1.29, 1.82) is 0 Å². The molecule has 2 heterocycles. The number of nitrogens with one attached hydrogen (secondary N) is 1. The summed E-state index contributed by atoms with van der Waals surface area (Å²) in [6.07, 6.45) is 0.262. The van der Waals surface area contributed by atoms with Crippen molar-refractivity contribution in [3.8, 4) is 0 Å². The summed E-state index contributed by atoms with van der Waals surface area (Å²) in [4.78, 5) is 34.8. The molecule has 1 aromatic heterocycles. The quantitative estimate of drug-likeness (QED) is 0.576. The molecule has 0 saturated carbocycles. The molecule has 2 aromatic rings. The van der Waals surface area contributed by atoms with Gasteiger partial charge in [-0.1, -0.05) is 0 Å². The van der Waals surface area contributed by atoms with Crippen LogP contribution in [0.25, 0.3) is 11.1 Å². The highest BCUT2D eigenvalue weighted by Gasteiger charge is 2.31. The van der Waals surface area contributed by atoms with Crippen LogP contribution in [0.15, 0.2) is 21.3 Å². The molecule has 0 radical (unpaired) electrons. The number of imide groups is 1. The van der Waals surface area contributed by atoms with E-state index in [2.05, 4.69) is 5.32 Å². The summed E-state index contributed by atoms with van der Waals surface area (Å²) in [6.45, 7) is 0. The van der Waals surface area contributed by atoms with E-state index in [0.717, 1.165) is 10.6 Å². The molecule has 0 bridgehead atoms. The minimum Gasteiger partial charge on any atom is -0.408 e. The molecule has 3 N–H and O–H groups in total. The third-order valence-corrected chi connectivity index (χ3v) is 3.25. The summed E-state index contributed by atoms with van der Waals surface area (Å²) >= 11 is 0. The van der Waals surface area contributed by atoms with E-state index >= 15 is 0 Å². The predicted octanol–water partition coefficient (Wildman–Crippen LogP) is 0.294. The van der Waals surface area contributed by atoms with Crippen LogP contribution in [0.5, 0.6) is 0 Å². The first kappa shape index (κ1) is 12.4. The van der Waals surface area contributed by atoms with Crippen molar-refractivity contribution in [2.45, 2.75) is 18.9 Å². The molecule has 20 heavy (non-hydrogen) atoms. The Labute approximate surface area is 111 Å². The van der Waals surface area contributed by atoms with Crippen molar-refractivity contribution in [1.82, 2.24) is 9.88 Å². The Morgan fingerprint density at radius 2 is 2.10 bits per heavy atom. The maximum Gasteiger partial charge on any atom is 0.420 e. The molecular formula is C12H10FN3O4. The number of hydrogen-bond acceptors (Lipinski definition) is 5. The van der Waals surface area contributed by atoms with Crippen molar-refractivity contribution in [2.75, 3.05) is 5.73 Å². The van der Waals surface area contributed by atoms with Crippen LogP contribution < -0.4 is 16.8 Å². The minimum absolute atomic E-state index is 0.0959. The zero-order valence-electron chi connectivity index (χ0n) is 10.2. The molecule has 1 atom stereocenters. The van der Waals surface area contributed by atoms with Crippen LogP contribution in [0.2, 0.25) is 0 Å². The maximum absolute atomic E-state index is 13.5. The first-order valence-corrected chi connectivity index (χ1v) is 5.91. The van der Waals surface area contributed by atoms with Gasteiger partial charge < -0.3 is 10.2 Å². The number of halogens is 1. The zero-order chi connectivity index (χ0) is 14.4. The molecule has 0 spiro atoms. The summed E-state index contributed by atoms with van der Waals surface area (Å²) < 4.78 is 19.5. The standard InChI is InChI=1S/C12H10FN3O4/c13-5-3-8-9(4-6(5)14)20-12(19)16(8)7-1-2-10(17)15-11(7)18/h3-4,7H,1-2,14H2,(H,15,17,18). The fraction of sp³-hybridized carbons (Fsp3) is 0.250. The van der Waals surface area contributed by atoms with Crippen LogP contribution in [0, 0.1) is 5.82 Å². The van der Waals surface area contributed by atoms with Crippen LogP contribution in [-0.2, 0) is 9.59 Å². The number of fused-ring (bicyclic) bond motifs is 1. The molecular weight excluding hydrogens is 269 g/mol. The van der Waals surface area contributed by atoms with E-state index in [1.165, 1.54) is 6.07 Å². The topological polar surface area (TPSA) is 107 Å². The van der Waals surface area contributed by atoms with Gasteiger partial charge >= 0.3 is 5.76 Å². The third-order valence-electron chi connectivity index (χ3n) is 3.25. The monoisotopic (exact) mass is 279 g/mol. The SMILES string of the molecule is Nc1cc2oc(=O)n(C3CCC(=O)NC3=O)c2cc1F. The molecule has 1 fully saturated rings. The maximum atomic E-state index is 13.5. The van der Waals surface area contributed by atoms with Gasteiger partial charge in [-0.05, 0) is 6.42 Å². The highest BCUT2D eigenvalue weighted by Crippen LogP contribution is 2.25. The number of oxazole rings is 1. The van der Waals surface area contributed by atoms with Gasteiger partial charge in [0, 0.05) is 18.6 Å².